The average Bonchev–Trinajstić information content (AvgIpc) is 3.23. The maximum Gasteiger partial charge on any atom is 0.246 e. The SMILES string of the molecule is c1ccc2c(c1)ccc1ncnc(-c3ccnc(-c4nc5ccccc5o4)c3)c12. The lowest BCUT2D eigenvalue weighted by atomic mass is 10.0. The molecule has 29 heavy (non-hydrogen) atoms. The first kappa shape index (κ1) is 15.9. The molecule has 0 radical (unpaired) electrons. The Bertz CT molecular complexity index is 1490. The van der Waals surface area contributed by atoms with E-state index in [1.807, 2.05) is 54.6 Å². The summed E-state index contributed by atoms with van der Waals surface area (Å²) in [6, 6.07) is 24.0. The van der Waals surface area contributed by atoms with Crippen molar-refractivity contribution in [1.82, 2.24) is 19.9 Å². The lowest BCUT2D eigenvalue weighted by Gasteiger charge is -2.09. The Morgan fingerprint density at radius 2 is 1.62 bits per heavy atom. The summed E-state index contributed by atoms with van der Waals surface area (Å²) in [5.41, 5.74) is 4.95. The van der Waals surface area contributed by atoms with Crippen molar-refractivity contribution in [2.75, 3.05) is 0 Å². The van der Waals surface area contributed by atoms with E-state index in [9.17, 15) is 0 Å². The minimum absolute atomic E-state index is 0.497. The van der Waals surface area contributed by atoms with Crippen molar-refractivity contribution in [2.24, 2.45) is 0 Å². The summed E-state index contributed by atoms with van der Waals surface area (Å²) in [6.07, 6.45) is 3.37. The van der Waals surface area contributed by atoms with Gasteiger partial charge in [-0.05, 0) is 41.1 Å². The summed E-state index contributed by atoms with van der Waals surface area (Å²) >= 11 is 0. The number of fused-ring (bicyclic) bond motifs is 4. The molecule has 6 rings (SSSR count). The maximum atomic E-state index is 5.90. The van der Waals surface area contributed by atoms with Gasteiger partial charge in [0.05, 0.1) is 11.2 Å². The molecule has 0 saturated heterocycles. The Morgan fingerprint density at radius 3 is 2.59 bits per heavy atom. The van der Waals surface area contributed by atoms with Crippen LogP contribution in [-0.4, -0.2) is 19.9 Å². The summed E-state index contributed by atoms with van der Waals surface area (Å²) in [6.45, 7) is 0. The van der Waals surface area contributed by atoms with Crippen LogP contribution in [0.15, 0.2) is 89.7 Å². The van der Waals surface area contributed by atoms with Gasteiger partial charge in [0.1, 0.15) is 17.5 Å². The standard InChI is InChI=1S/C24H14N4O/c1-2-6-17-15(5-1)9-10-19-22(17)23(27-14-26-19)16-11-12-25-20(13-16)24-28-18-7-3-4-8-21(18)29-24/h1-14H. The quantitative estimate of drug-likeness (QED) is 0.366. The number of hydrogen-bond donors (Lipinski definition) is 0. The summed E-state index contributed by atoms with van der Waals surface area (Å²) in [4.78, 5) is 18.1. The highest BCUT2D eigenvalue weighted by molar-refractivity contribution is 6.12. The number of aromatic nitrogens is 4. The van der Waals surface area contributed by atoms with E-state index in [0.29, 0.717) is 11.6 Å². The molecule has 6 aromatic rings. The molecule has 0 N–H and O–H groups in total. The summed E-state index contributed by atoms with van der Waals surface area (Å²) in [5, 5.41) is 3.31. The van der Waals surface area contributed by atoms with Crippen LogP contribution in [0.3, 0.4) is 0 Å². The molecule has 3 aromatic heterocycles. The lowest BCUT2D eigenvalue weighted by Crippen LogP contribution is -1.92. The highest BCUT2D eigenvalue weighted by Crippen LogP contribution is 2.33. The number of para-hydroxylation sites is 2. The number of hydrogen-bond acceptors (Lipinski definition) is 5. The molecule has 3 aromatic carbocycles. The van der Waals surface area contributed by atoms with E-state index in [1.165, 1.54) is 0 Å². The van der Waals surface area contributed by atoms with Gasteiger partial charge in [-0.1, -0.05) is 42.5 Å². The highest BCUT2D eigenvalue weighted by Gasteiger charge is 2.14. The van der Waals surface area contributed by atoms with Gasteiger partial charge in [-0.2, -0.15) is 0 Å². The topological polar surface area (TPSA) is 64.7 Å². The molecule has 0 bridgehead atoms. The number of benzene rings is 3. The fourth-order valence-electron chi connectivity index (χ4n) is 3.73. The number of rotatable bonds is 2. The zero-order chi connectivity index (χ0) is 19.2. The van der Waals surface area contributed by atoms with Gasteiger partial charge in [0.2, 0.25) is 5.89 Å². The molecular formula is C24H14N4O. The Balaban J connectivity index is 1.59. The van der Waals surface area contributed by atoms with Crippen molar-refractivity contribution < 1.29 is 4.42 Å². The molecule has 0 aliphatic heterocycles. The molecule has 0 spiro atoms. The van der Waals surface area contributed by atoms with Gasteiger partial charge in [-0.15, -0.1) is 0 Å². The van der Waals surface area contributed by atoms with Crippen LogP contribution in [0.25, 0.3) is 55.6 Å². The van der Waals surface area contributed by atoms with Crippen molar-refractivity contribution in [1.29, 1.82) is 0 Å². The average molecular weight is 374 g/mol. The van der Waals surface area contributed by atoms with Crippen LogP contribution >= 0.6 is 0 Å². The van der Waals surface area contributed by atoms with Crippen molar-refractivity contribution >= 4 is 32.8 Å². The fraction of sp³-hybridized carbons (Fsp3) is 0. The summed E-state index contributed by atoms with van der Waals surface area (Å²) in [7, 11) is 0. The second kappa shape index (κ2) is 6.21. The zero-order valence-electron chi connectivity index (χ0n) is 15.3. The predicted octanol–water partition coefficient (Wildman–Crippen LogP) is 5.65. The zero-order valence-corrected chi connectivity index (χ0v) is 15.3. The van der Waals surface area contributed by atoms with Gasteiger partial charge >= 0.3 is 0 Å². The smallest absolute Gasteiger partial charge is 0.246 e. The fourth-order valence-corrected chi connectivity index (χ4v) is 3.73. The van der Waals surface area contributed by atoms with Gasteiger partial charge in [-0.3, -0.25) is 4.98 Å². The first-order valence-electron chi connectivity index (χ1n) is 9.32. The van der Waals surface area contributed by atoms with E-state index in [-0.39, 0.29) is 0 Å². The molecule has 0 aliphatic carbocycles. The van der Waals surface area contributed by atoms with Crippen molar-refractivity contribution in [3.63, 3.8) is 0 Å². The lowest BCUT2D eigenvalue weighted by molar-refractivity contribution is 0.617. The van der Waals surface area contributed by atoms with Crippen LogP contribution in [-0.2, 0) is 0 Å². The van der Waals surface area contributed by atoms with Gasteiger partial charge in [0, 0.05) is 17.1 Å². The largest absolute Gasteiger partial charge is 0.435 e. The van der Waals surface area contributed by atoms with Crippen LogP contribution in [0.1, 0.15) is 0 Å². The predicted molar refractivity (Wildman–Crippen MR) is 113 cm³/mol. The first-order chi connectivity index (χ1) is 14.4. The van der Waals surface area contributed by atoms with Crippen LogP contribution in [0.4, 0.5) is 0 Å². The van der Waals surface area contributed by atoms with Crippen LogP contribution in [0.2, 0.25) is 0 Å². The molecule has 0 atom stereocenters. The molecular weight excluding hydrogens is 360 g/mol. The number of oxazole rings is 1. The minimum atomic E-state index is 0.497. The molecule has 5 heteroatoms. The first-order valence-corrected chi connectivity index (χ1v) is 9.32. The van der Waals surface area contributed by atoms with Crippen LogP contribution < -0.4 is 0 Å². The highest BCUT2D eigenvalue weighted by atomic mass is 16.3. The van der Waals surface area contributed by atoms with E-state index < -0.39 is 0 Å². The van der Waals surface area contributed by atoms with Crippen LogP contribution in [0.5, 0.6) is 0 Å². The van der Waals surface area contributed by atoms with Gasteiger partial charge < -0.3 is 4.42 Å². The van der Waals surface area contributed by atoms with E-state index >= 15 is 0 Å². The number of pyridine rings is 1. The van der Waals surface area contributed by atoms with Crippen molar-refractivity contribution in [2.45, 2.75) is 0 Å². The summed E-state index contributed by atoms with van der Waals surface area (Å²) < 4.78 is 5.90. The second-order valence-electron chi connectivity index (χ2n) is 6.82. The van der Waals surface area contributed by atoms with Crippen molar-refractivity contribution in [3.05, 3.63) is 85.3 Å². The maximum absolute atomic E-state index is 5.90. The second-order valence-corrected chi connectivity index (χ2v) is 6.82. The van der Waals surface area contributed by atoms with Gasteiger partial charge in [-0.25, -0.2) is 15.0 Å². The molecule has 0 fully saturated rings. The molecule has 136 valence electrons. The van der Waals surface area contributed by atoms with E-state index in [0.717, 1.165) is 44.0 Å². The monoisotopic (exact) mass is 374 g/mol. The van der Waals surface area contributed by atoms with E-state index in [1.54, 1.807) is 12.5 Å². The molecule has 0 amide bonds. The third-order valence-corrected chi connectivity index (χ3v) is 5.07. The Labute approximate surface area is 165 Å². The number of nitrogens with zero attached hydrogens (tertiary/aromatic N) is 4. The molecule has 3 heterocycles. The van der Waals surface area contributed by atoms with E-state index in [4.69, 9.17) is 4.42 Å². The molecule has 0 aliphatic rings. The Kier molecular flexibility index (Phi) is 3.40. The van der Waals surface area contributed by atoms with Gasteiger partial charge in [0.25, 0.3) is 0 Å². The Morgan fingerprint density at radius 1 is 0.724 bits per heavy atom. The third-order valence-electron chi connectivity index (χ3n) is 5.07. The van der Waals surface area contributed by atoms with E-state index in [2.05, 4.69) is 38.1 Å². The minimum Gasteiger partial charge on any atom is -0.435 e. The van der Waals surface area contributed by atoms with Crippen molar-refractivity contribution in [3.8, 4) is 22.8 Å². The normalized spacial score (nSPS) is 11.4. The summed E-state index contributed by atoms with van der Waals surface area (Å²) in [5.74, 6) is 0.497. The molecule has 0 unspecified atom stereocenters. The van der Waals surface area contributed by atoms with Crippen LogP contribution in [0, 0.1) is 0 Å². The molecule has 5 nitrogen and oxygen atoms in total. The van der Waals surface area contributed by atoms with Gasteiger partial charge in [0.15, 0.2) is 5.58 Å². The molecule has 0 saturated carbocycles. The third kappa shape index (κ3) is 2.56. The Hall–Kier alpha value is -4.12.